The molecule has 130 valence electrons. The summed E-state index contributed by atoms with van der Waals surface area (Å²) in [6, 6.07) is 12.0. The minimum absolute atomic E-state index is 0.118. The molecule has 0 unspecified atom stereocenters. The van der Waals surface area contributed by atoms with Crippen LogP contribution in [0.25, 0.3) is 6.08 Å². The number of nitrogens with zero attached hydrogens (tertiary/aromatic N) is 3. The van der Waals surface area contributed by atoms with E-state index in [1.54, 1.807) is 24.3 Å². The van der Waals surface area contributed by atoms with Gasteiger partial charge >= 0.3 is 0 Å². The molecule has 1 saturated heterocycles. The number of nitro groups is 1. The first-order valence-electron chi connectivity index (χ1n) is 7.27. The third-order valence-electron chi connectivity index (χ3n) is 3.41. The minimum Gasteiger partial charge on any atom is -0.266 e. The molecule has 1 aliphatic heterocycles. The summed E-state index contributed by atoms with van der Waals surface area (Å²) in [5.41, 5.74) is 0.382. The van der Waals surface area contributed by atoms with E-state index in [1.165, 1.54) is 36.6 Å². The fourth-order valence-corrected chi connectivity index (χ4v) is 3.34. The molecule has 0 aromatic heterocycles. The minimum atomic E-state index is -0.525. The molecule has 1 heterocycles. The second kappa shape index (κ2) is 7.54. The summed E-state index contributed by atoms with van der Waals surface area (Å²) in [6.07, 6.45) is 2.60. The number of carbonyl (C=O) groups is 1. The van der Waals surface area contributed by atoms with Crippen LogP contribution in [0.5, 0.6) is 0 Å². The summed E-state index contributed by atoms with van der Waals surface area (Å²) in [5.74, 6) is -0.997. The van der Waals surface area contributed by atoms with Crippen molar-refractivity contribution in [1.82, 2.24) is 5.01 Å². The van der Waals surface area contributed by atoms with Crippen molar-refractivity contribution in [3.05, 3.63) is 80.5 Å². The van der Waals surface area contributed by atoms with Crippen molar-refractivity contribution < 1.29 is 14.1 Å². The maximum absolute atomic E-state index is 13.6. The molecule has 0 spiro atoms. The molecule has 0 aliphatic carbocycles. The van der Waals surface area contributed by atoms with Gasteiger partial charge in [0.1, 0.15) is 5.82 Å². The molecule has 9 heteroatoms. The lowest BCUT2D eigenvalue weighted by atomic mass is 10.1. The average molecular weight is 387 g/mol. The van der Waals surface area contributed by atoms with E-state index in [1.807, 2.05) is 0 Å². The number of thiocarbonyl (C=S) groups is 1. The molecule has 2 aromatic carbocycles. The summed E-state index contributed by atoms with van der Waals surface area (Å²) >= 11 is 6.10. The van der Waals surface area contributed by atoms with E-state index in [9.17, 15) is 19.3 Å². The lowest BCUT2D eigenvalue weighted by Crippen LogP contribution is -2.22. The Kier molecular flexibility index (Phi) is 5.19. The molecular weight excluding hydrogens is 377 g/mol. The zero-order chi connectivity index (χ0) is 18.7. The van der Waals surface area contributed by atoms with E-state index < -0.39 is 16.6 Å². The van der Waals surface area contributed by atoms with Crippen LogP contribution in [-0.2, 0) is 4.79 Å². The smallest absolute Gasteiger partial charge is 0.266 e. The highest BCUT2D eigenvalue weighted by atomic mass is 32.2. The molecule has 1 aliphatic rings. The third-order valence-corrected chi connectivity index (χ3v) is 4.69. The second-order valence-corrected chi connectivity index (χ2v) is 6.75. The maximum Gasteiger partial charge on any atom is 0.286 e. The van der Waals surface area contributed by atoms with Gasteiger partial charge in [0.15, 0.2) is 4.32 Å². The monoisotopic (exact) mass is 387 g/mol. The zero-order valence-corrected chi connectivity index (χ0v) is 14.7. The lowest BCUT2D eigenvalue weighted by Gasteiger charge is -2.06. The van der Waals surface area contributed by atoms with E-state index in [0.717, 1.165) is 16.8 Å². The summed E-state index contributed by atoms with van der Waals surface area (Å²) in [7, 11) is 0. The van der Waals surface area contributed by atoms with Gasteiger partial charge in [-0.1, -0.05) is 42.1 Å². The van der Waals surface area contributed by atoms with Crippen molar-refractivity contribution in [2.24, 2.45) is 5.10 Å². The number of amides is 1. The highest BCUT2D eigenvalue weighted by Crippen LogP contribution is 2.34. The summed E-state index contributed by atoms with van der Waals surface area (Å²) in [6.45, 7) is 0. The first-order chi connectivity index (χ1) is 12.5. The molecule has 0 saturated carbocycles. The Hall–Kier alpha value is -2.91. The number of nitro benzene ring substituents is 1. The van der Waals surface area contributed by atoms with E-state index in [4.69, 9.17) is 12.2 Å². The van der Waals surface area contributed by atoms with Gasteiger partial charge in [-0.3, -0.25) is 14.9 Å². The van der Waals surface area contributed by atoms with Gasteiger partial charge in [0.25, 0.3) is 11.6 Å². The van der Waals surface area contributed by atoms with Crippen LogP contribution in [0.1, 0.15) is 11.1 Å². The van der Waals surface area contributed by atoms with Gasteiger partial charge in [-0.15, -0.1) is 0 Å². The number of rotatable bonds is 4. The number of hydrogen-bond acceptors (Lipinski definition) is 6. The first kappa shape index (κ1) is 17.9. The maximum atomic E-state index is 13.6. The Labute approximate surface area is 157 Å². The number of halogens is 1. The van der Waals surface area contributed by atoms with Crippen LogP contribution < -0.4 is 0 Å². The number of hydrazone groups is 1. The van der Waals surface area contributed by atoms with Crippen molar-refractivity contribution in [3.63, 3.8) is 0 Å². The van der Waals surface area contributed by atoms with Crippen LogP contribution in [0.4, 0.5) is 10.1 Å². The largest absolute Gasteiger partial charge is 0.286 e. The van der Waals surface area contributed by atoms with Crippen molar-refractivity contribution in [2.75, 3.05) is 0 Å². The lowest BCUT2D eigenvalue weighted by molar-refractivity contribution is -0.385. The predicted octanol–water partition coefficient (Wildman–Crippen LogP) is 3.97. The van der Waals surface area contributed by atoms with Crippen molar-refractivity contribution >= 4 is 52.2 Å². The number of para-hydroxylation sites is 1. The Morgan fingerprint density at radius 3 is 2.50 bits per heavy atom. The average Bonchev–Trinajstić information content (AvgIpc) is 2.88. The topological polar surface area (TPSA) is 75.8 Å². The predicted molar refractivity (Wildman–Crippen MR) is 102 cm³/mol. The normalized spacial score (nSPS) is 16.0. The molecule has 0 radical (unpaired) electrons. The molecule has 0 bridgehead atoms. The molecule has 2 aromatic rings. The zero-order valence-electron chi connectivity index (χ0n) is 13.0. The van der Waals surface area contributed by atoms with E-state index in [0.29, 0.717) is 0 Å². The molecule has 0 N–H and O–H groups in total. The highest BCUT2D eigenvalue weighted by Gasteiger charge is 2.32. The number of hydrogen-bond donors (Lipinski definition) is 0. The molecule has 26 heavy (non-hydrogen) atoms. The highest BCUT2D eigenvalue weighted by molar-refractivity contribution is 8.26. The van der Waals surface area contributed by atoms with Gasteiger partial charge in [0.2, 0.25) is 0 Å². The SMILES string of the molecule is O=C1/C(=C\c2ccccc2[N+](=O)[O-])SC(=S)N1/N=C/c1ccccc1F. The van der Waals surface area contributed by atoms with Gasteiger partial charge in [0.05, 0.1) is 21.6 Å². The van der Waals surface area contributed by atoms with Crippen LogP contribution in [0.15, 0.2) is 58.5 Å². The van der Waals surface area contributed by atoms with Crippen LogP contribution in [0, 0.1) is 15.9 Å². The summed E-state index contributed by atoms with van der Waals surface area (Å²) < 4.78 is 13.8. The van der Waals surface area contributed by atoms with Crippen molar-refractivity contribution in [3.8, 4) is 0 Å². The molecule has 0 atom stereocenters. The second-order valence-electron chi connectivity index (χ2n) is 5.08. The number of benzene rings is 2. The van der Waals surface area contributed by atoms with E-state index in [2.05, 4.69) is 5.10 Å². The Balaban J connectivity index is 1.88. The van der Waals surface area contributed by atoms with Crippen LogP contribution in [0.3, 0.4) is 0 Å². The third kappa shape index (κ3) is 3.68. The van der Waals surface area contributed by atoms with Crippen molar-refractivity contribution in [2.45, 2.75) is 0 Å². The van der Waals surface area contributed by atoms with Crippen LogP contribution >= 0.6 is 24.0 Å². The molecule has 6 nitrogen and oxygen atoms in total. The van der Waals surface area contributed by atoms with Gasteiger partial charge in [-0.05, 0) is 30.4 Å². The van der Waals surface area contributed by atoms with Gasteiger partial charge in [-0.25, -0.2) is 4.39 Å². The molecule has 1 amide bonds. The Morgan fingerprint density at radius 2 is 1.81 bits per heavy atom. The summed E-state index contributed by atoms with van der Waals surface area (Å²) in [4.78, 5) is 23.2. The van der Waals surface area contributed by atoms with E-state index in [-0.39, 0.29) is 26.0 Å². The van der Waals surface area contributed by atoms with Crippen molar-refractivity contribution in [1.29, 1.82) is 0 Å². The Morgan fingerprint density at radius 1 is 1.15 bits per heavy atom. The Bertz CT molecular complexity index is 975. The quantitative estimate of drug-likeness (QED) is 0.261. The number of carbonyl (C=O) groups excluding carboxylic acids is 1. The van der Waals surface area contributed by atoms with Gasteiger partial charge < -0.3 is 0 Å². The fourth-order valence-electron chi connectivity index (χ4n) is 2.18. The first-order valence-corrected chi connectivity index (χ1v) is 8.50. The summed E-state index contributed by atoms with van der Waals surface area (Å²) in [5, 5.41) is 16.0. The van der Waals surface area contributed by atoms with Gasteiger partial charge in [0, 0.05) is 11.6 Å². The molecule has 1 fully saturated rings. The molecular formula is C17H10FN3O3S2. The number of thioether (sulfide) groups is 1. The molecule has 3 rings (SSSR count). The van der Waals surface area contributed by atoms with E-state index >= 15 is 0 Å². The van der Waals surface area contributed by atoms with Gasteiger partial charge in [-0.2, -0.15) is 10.1 Å². The fraction of sp³-hybridized carbons (Fsp3) is 0. The standard InChI is InChI=1S/C17H10FN3O3S2/c18-13-7-3-1-6-12(13)10-19-20-16(22)15(26-17(20)25)9-11-5-2-4-8-14(11)21(23)24/h1-10H/b15-9+,19-10+. The van der Waals surface area contributed by atoms with Crippen LogP contribution in [0.2, 0.25) is 0 Å². The van der Waals surface area contributed by atoms with Crippen LogP contribution in [-0.4, -0.2) is 26.4 Å².